The third-order valence-corrected chi connectivity index (χ3v) is 4.08. The van der Waals surface area contributed by atoms with Crippen molar-refractivity contribution < 1.29 is 17.9 Å². The monoisotopic (exact) mass is 254 g/mol. The fourth-order valence-electron chi connectivity index (χ4n) is 0.998. The van der Waals surface area contributed by atoms with E-state index in [2.05, 4.69) is 4.74 Å². The van der Waals surface area contributed by atoms with Crippen LogP contribution in [0.4, 0.5) is 0 Å². The largest absolute Gasteiger partial charge is 0.465 e. The molecule has 0 atom stereocenters. The SMILES string of the molecule is COC(=O)c1csc(C)c1S(=O)(=O)Cl. The smallest absolute Gasteiger partial charge is 0.340 e. The lowest BCUT2D eigenvalue weighted by Gasteiger charge is -1.99. The highest BCUT2D eigenvalue weighted by Crippen LogP contribution is 2.29. The zero-order chi connectivity index (χ0) is 10.9. The van der Waals surface area contributed by atoms with Gasteiger partial charge in [-0.15, -0.1) is 11.3 Å². The molecule has 0 aromatic carbocycles. The lowest BCUT2D eigenvalue weighted by atomic mass is 10.3. The Labute approximate surface area is 89.9 Å². The Morgan fingerprint density at radius 1 is 1.57 bits per heavy atom. The summed E-state index contributed by atoms with van der Waals surface area (Å²) in [5.41, 5.74) is -0.00926. The lowest BCUT2D eigenvalue weighted by molar-refractivity contribution is 0.0597. The number of carbonyl (C=O) groups excluding carboxylic acids is 1. The number of thiophene rings is 1. The van der Waals surface area contributed by atoms with E-state index in [0.29, 0.717) is 4.88 Å². The second-order valence-corrected chi connectivity index (χ2v) is 6.05. The third kappa shape index (κ3) is 2.08. The Morgan fingerprint density at radius 3 is 2.57 bits per heavy atom. The number of hydrogen-bond acceptors (Lipinski definition) is 5. The van der Waals surface area contributed by atoms with Crippen LogP contribution >= 0.6 is 22.0 Å². The van der Waals surface area contributed by atoms with Crippen LogP contribution in [-0.4, -0.2) is 21.5 Å². The fourth-order valence-corrected chi connectivity index (χ4v) is 3.75. The summed E-state index contributed by atoms with van der Waals surface area (Å²) in [6, 6.07) is 0. The van der Waals surface area contributed by atoms with Gasteiger partial charge in [-0.25, -0.2) is 13.2 Å². The standard InChI is InChI=1S/C7H7ClO4S2/c1-4-6(14(8,10)11)5(3-13-4)7(9)12-2/h3H,1-2H3. The highest BCUT2D eigenvalue weighted by Gasteiger charge is 2.25. The molecule has 0 saturated heterocycles. The topological polar surface area (TPSA) is 60.4 Å². The molecule has 0 saturated carbocycles. The average Bonchev–Trinajstić information content (AvgIpc) is 2.44. The summed E-state index contributed by atoms with van der Waals surface area (Å²) < 4.78 is 26.7. The predicted octanol–water partition coefficient (Wildman–Crippen LogP) is 1.77. The molecule has 0 unspecified atom stereocenters. The maximum atomic E-state index is 11.2. The van der Waals surface area contributed by atoms with Gasteiger partial charge in [-0.3, -0.25) is 0 Å². The van der Waals surface area contributed by atoms with Crippen molar-refractivity contribution in [3.05, 3.63) is 15.8 Å². The van der Waals surface area contributed by atoms with Gasteiger partial charge in [0.25, 0.3) is 9.05 Å². The van der Waals surface area contributed by atoms with E-state index in [9.17, 15) is 13.2 Å². The van der Waals surface area contributed by atoms with E-state index in [1.165, 1.54) is 12.5 Å². The molecule has 1 aromatic heterocycles. The van der Waals surface area contributed by atoms with Gasteiger partial charge in [-0.05, 0) is 6.92 Å². The average molecular weight is 255 g/mol. The Morgan fingerprint density at radius 2 is 2.14 bits per heavy atom. The van der Waals surface area contributed by atoms with E-state index in [-0.39, 0.29) is 10.5 Å². The molecule has 0 radical (unpaired) electrons. The van der Waals surface area contributed by atoms with Crippen molar-refractivity contribution in [1.82, 2.24) is 0 Å². The summed E-state index contributed by atoms with van der Waals surface area (Å²) in [5, 5.41) is 1.41. The van der Waals surface area contributed by atoms with Crippen LogP contribution in [0.3, 0.4) is 0 Å². The van der Waals surface area contributed by atoms with E-state index in [1.54, 1.807) is 6.92 Å². The van der Waals surface area contributed by atoms with Crippen LogP contribution in [0.25, 0.3) is 0 Å². The van der Waals surface area contributed by atoms with E-state index in [0.717, 1.165) is 11.3 Å². The van der Waals surface area contributed by atoms with Crippen molar-refractivity contribution in [1.29, 1.82) is 0 Å². The minimum atomic E-state index is -3.89. The number of ether oxygens (including phenoxy) is 1. The summed E-state index contributed by atoms with van der Waals surface area (Å²) in [4.78, 5) is 11.5. The van der Waals surface area contributed by atoms with Gasteiger partial charge in [0.2, 0.25) is 0 Å². The Bertz CT molecular complexity index is 460. The predicted molar refractivity (Wildman–Crippen MR) is 53.4 cm³/mol. The van der Waals surface area contributed by atoms with Crippen LogP contribution in [0.5, 0.6) is 0 Å². The van der Waals surface area contributed by atoms with Gasteiger partial charge < -0.3 is 4.74 Å². The van der Waals surface area contributed by atoms with Crippen molar-refractivity contribution in [3.63, 3.8) is 0 Å². The van der Waals surface area contributed by atoms with Crippen LogP contribution in [0, 0.1) is 6.92 Å². The Kier molecular flexibility index (Phi) is 3.18. The number of aryl methyl sites for hydroxylation is 1. The molecule has 1 rings (SSSR count). The number of rotatable bonds is 2. The molecule has 1 aromatic rings. The fraction of sp³-hybridized carbons (Fsp3) is 0.286. The van der Waals surface area contributed by atoms with Crippen LogP contribution in [0.2, 0.25) is 0 Å². The molecule has 0 aliphatic carbocycles. The van der Waals surface area contributed by atoms with Gasteiger partial charge in [-0.2, -0.15) is 0 Å². The van der Waals surface area contributed by atoms with Gasteiger partial charge in [0, 0.05) is 20.9 Å². The maximum Gasteiger partial charge on any atom is 0.340 e. The third-order valence-electron chi connectivity index (χ3n) is 1.57. The number of hydrogen-bond donors (Lipinski definition) is 0. The second-order valence-electron chi connectivity index (χ2n) is 2.46. The van der Waals surface area contributed by atoms with Crippen LogP contribution in [0.15, 0.2) is 10.3 Å². The van der Waals surface area contributed by atoms with Crippen LogP contribution in [-0.2, 0) is 13.8 Å². The van der Waals surface area contributed by atoms with E-state index in [4.69, 9.17) is 10.7 Å². The second kappa shape index (κ2) is 3.88. The molecule has 0 aliphatic heterocycles. The van der Waals surface area contributed by atoms with Crippen LogP contribution < -0.4 is 0 Å². The first kappa shape index (κ1) is 11.5. The molecule has 0 N–H and O–H groups in total. The van der Waals surface area contributed by atoms with Gasteiger partial charge in [0.05, 0.1) is 12.7 Å². The first-order chi connectivity index (χ1) is 6.38. The summed E-state index contributed by atoms with van der Waals surface area (Å²) >= 11 is 1.14. The number of esters is 1. The van der Waals surface area contributed by atoms with Gasteiger partial charge in [0.15, 0.2) is 0 Å². The zero-order valence-electron chi connectivity index (χ0n) is 7.40. The number of carbonyl (C=O) groups is 1. The van der Waals surface area contributed by atoms with Gasteiger partial charge in [0.1, 0.15) is 4.90 Å². The maximum absolute atomic E-state index is 11.2. The van der Waals surface area contributed by atoms with Gasteiger partial charge >= 0.3 is 5.97 Å². The molecule has 0 amide bonds. The molecule has 0 aliphatic rings. The quantitative estimate of drug-likeness (QED) is 0.596. The van der Waals surface area contributed by atoms with Crippen molar-refractivity contribution >= 4 is 37.0 Å². The zero-order valence-corrected chi connectivity index (χ0v) is 9.79. The van der Waals surface area contributed by atoms with Crippen molar-refractivity contribution in [3.8, 4) is 0 Å². The first-order valence-corrected chi connectivity index (χ1v) is 6.68. The molecule has 4 nitrogen and oxygen atoms in total. The molecule has 7 heteroatoms. The summed E-state index contributed by atoms with van der Waals surface area (Å²) in [5.74, 6) is -0.700. The molecular formula is C7H7ClO4S2. The minimum Gasteiger partial charge on any atom is -0.465 e. The summed E-state index contributed by atoms with van der Waals surface area (Å²) in [6.07, 6.45) is 0. The lowest BCUT2D eigenvalue weighted by Crippen LogP contribution is -2.05. The first-order valence-electron chi connectivity index (χ1n) is 3.49. The minimum absolute atomic E-state index is 0.00926. The van der Waals surface area contributed by atoms with Crippen molar-refractivity contribution in [2.75, 3.05) is 7.11 Å². The van der Waals surface area contributed by atoms with E-state index >= 15 is 0 Å². The molecule has 14 heavy (non-hydrogen) atoms. The Balaban J connectivity index is 3.42. The molecule has 0 bridgehead atoms. The van der Waals surface area contributed by atoms with Gasteiger partial charge in [-0.1, -0.05) is 0 Å². The van der Waals surface area contributed by atoms with E-state index < -0.39 is 15.0 Å². The molecule has 0 spiro atoms. The number of halogens is 1. The summed E-state index contributed by atoms with van der Waals surface area (Å²) in [7, 11) is 2.47. The van der Waals surface area contributed by atoms with Crippen molar-refractivity contribution in [2.24, 2.45) is 0 Å². The Hall–Kier alpha value is -0.590. The molecular weight excluding hydrogens is 248 g/mol. The highest BCUT2D eigenvalue weighted by atomic mass is 35.7. The van der Waals surface area contributed by atoms with E-state index in [1.807, 2.05) is 0 Å². The van der Waals surface area contributed by atoms with Crippen molar-refractivity contribution in [2.45, 2.75) is 11.8 Å². The summed E-state index contributed by atoms with van der Waals surface area (Å²) in [6.45, 7) is 1.58. The normalized spacial score (nSPS) is 11.4. The highest BCUT2D eigenvalue weighted by molar-refractivity contribution is 8.14. The number of methoxy groups -OCH3 is 1. The molecule has 0 fully saturated rings. The van der Waals surface area contributed by atoms with Crippen LogP contribution in [0.1, 0.15) is 15.2 Å². The molecule has 1 heterocycles. The molecule has 78 valence electrons.